The Bertz CT molecular complexity index is 322. The third-order valence-corrected chi connectivity index (χ3v) is 4.49. The predicted octanol–water partition coefficient (Wildman–Crippen LogP) is -0.0499. The number of nitrogens with zero attached hydrogens (tertiary/aromatic N) is 2. The molecule has 1 atom stereocenters. The molecule has 0 radical (unpaired) electrons. The zero-order valence-electron chi connectivity index (χ0n) is 11.3. The number of hydrogen-bond acceptors (Lipinski definition) is 4. The zero-order chi connectivity index (χ0) is 13.1. The van der Waals surface area contributed by atoms with E-state index in [-0.39, 0.29) is 0 Å². The normalized spacial score (nSPS) is 21.9. The lowest BCUT2D eigenvalue weighted by Crippen LogP contribution is -2.53. The lowest BCUT2D eigenvalue weighted by atomic mass is 10.2. The quantitative estimate of drug-likeness (QED) is 0.756. The number of sulfonamides is 1. The molecule has 102 valence electrons. The van der Waals surface area contributed by atoms with Crippen molar-refractivity contribution in [1.82, 2.24) is 14.5 Å². The van der Waals surface area contributed by atoms with Crippen LogP contribution < -0.4 is 5.32 Å². The van der Waals surface area contributed by atoms with Crippen molar-refractivity contribution >= 4 is 10.0 Å². The molecular weight excluding hydrogens is 238 g/mol. The molecule has 0 saturated carbocycles. The van der Waals surface area contributed by atoms with Crippen LogP contribution in [0.5, 0.6) is 0 Å². The Hall–Kier alpha value is -0.170. The van der Waals surface area contributed by atoms with E-state index in [4.69, 9.17) is 0 Å². The lowest BCUT2D eigenvalue weighted by Gasteiger charge is -2.37. The van der Waals surface area contributed by atoms with Gasteiger partial charge in [-0.15, -0.1) is 0 Å². The highest BCUT2D eigenvalue weighted by Gasteiger charge is 2.25. The van der Waals surface area contributed by atoms with Crippen LogP contribution in [0, 0.1) is 0 Å². The topological polar surface area (TPSA) is 52.6 Å². The summed E-state index contributed by atoms with van der Waals surface area (Å²) in [4.78, 5) is 2.34. The van der Waals surface area contributed by atoms with Gasteiger partial charge in [0.05, 0.1) is 6.26 Å². The fourth-order valence-corrected chi connectivity index (χ4v) is 2.84. The van der Waals surface area contributed by atoms with E-state index in [2.05, 4.69) is 31.0 Å². The van der Waals surface area contributed by atoms with Gasteiger partial charge in [0.15, 0.2) is 0 Å². The second kappa shape index (κ2) is 6.13. The minimum absolute atomic E-state index is 0.458. The van der Waals surface area contributed by atoms with Crippen molar-refractivity contribution in [3.8, 4) is 0 Å². The van der Waals surface area contributed by atoms with Gasteiger partial charge in [0.2, 0.25) is 10.0 Å². The highest BCUT2D eigenvalue weighted by molar-refractivity contribution is 7.88. The molecule has 1 rings (SSSR count). The molecule has 1 unspecified atom stereocenters. The van der Waals surface area contributed by atoms with Gasteiger partial charge < -0.3 is 5.32 Å². The van der Waals surface area contributed by atoms with E-state index < -0.39 is 10.0 Å². The fourth-order valence-electron chi connectivity index (χ4n) is 2.01. The average molecular weight is 263 g/mol. The second-order valence-electron chi connectivity index (χ2n) is 5.11. The fraction of sp³-hybridized carbons (Fsp3) is 1.00. The van der Waals surface area contributed by atoms with Gasteiger partial charge in [-0.3, -0.25) is 4.90 Å². The van der Waals surface area contributed by atoms with Crippen molar-refractivity contribution in [3.05, 3.63) is 0 Å². The van der Waals surface area contributed by atoms with E-state index in [1.165, 1.54) is 6.26 Å². The van der Waals surface area contributed by atoms with Crippen LogP contribution in [-0.2, 0) is 10.0 Å². The van der Waals surface area contributed by atoms with Crippen LogP contribution in [0.1, 0.15) is 20.8 Å². The van der Waals surface area contributed by atoms with E-state index in [9.17, 15) is 8.42 Å². The number of nitrogens with one attached hydrogen (secondary N) is 1. The van der Waals surface area contributed by atoms with Gasteiger partial charge >= 0.3 is 0 Å². The van der Waals surface area contributed by atoms with E-state index in [0.717, 1.165) is 19.6 Å². The van der Waals surface area contributed by atoms with Crippen LogP contribution in [0.3, 0.4) is 0 Å². The Morgan fingerprint density at radius 2 is 1.65 bits per heavy atom. The summed E-state index contributed by atoms with van der Waals surface area (Å²) in [6, 6.07) is 0.953. The molecule has 0 aromatic heterocycles. The molecule has 1 saturated heterocycles. The van der Waals surface area contributed by atoms with Gasteiger partial charge in [-0.2, -0.15) is 4.31 Å². The molecule has 1 aliphatic heterocycles. The van der Waals surface area contributed by atoms with Crippen molar-refractivity contribution in [2.45, 2.75) is 32.9 Å². The molecule has 1 aliphatic rings. The summed E-state index contributed by atoms with van der Waals surface area (Å²) >= 11 is 0. The van der Waals surface area contributed by atoms with Crippen LogP contribution in [0.2, 0.25) is 0 Å². The van der Waals surface area contributed by atoms with E-state index in [0.29, 0.717) is 25.2 Å². The number of piperazine rings is 1. The lowest BCUT2D eigenvalue weighted by molar-refractivity contribution is 0.142. The van der Waals surface area contributed by atoms with Crippen LogP contribution in [0.15, 0.2) is 0 Å². The molecule has 0 spiro atoms. The Balaban J connectivity index is 2.36. The van der Waals surface area contributed by atoms with Gasteiger partial charge in [-0.25, -0.2) is 8.42 Å². The highest BCUT2D eigenvalue weighted by atomic mass is 32.2. The molecule has 5 nitrogen and oxygen atoms in total. The van der Waals surface area contributed by atoms with Crippen molar-refractivity contribution < 1.29 is 8.42 Å². The molecule has 0 aliphatic carbocycles. The summed E-state index contributed by atoms with van der Waals surface area (Å²) in [6.07, 6.45) is 1.28. The van der Waals surface area contributed by atoms with Crippen LogP contribution in [0.25, 0.3) is 0 Å². The first-order valence-corrected chi connectivity index (χ1v) is 8.08. The largest absolute Gasteiger partial charge is 0.313 e. The van der Waals surface area contributed by atoms with Crippen LogP contribution in [-0.4, -0.2) is 68.7 Å². The SMILES string of the molecule is CC(C)NCC(C)N1CCN(S(C)(=O)=O)CC1. The molecule has 6 heteroatoms. The molecule has 0 aromatic rings. The summed E-state index contributed by atoms with van der Waals surface area (Å²) in [7, 11) is -3.01. The van der Waals surface area contributed by atoms with E-state index in [1.54, 1.807) is 4.31 Å². The van der Waals surface area contributed by atoms with E-state index >= 15 is 0 Å². The minimum Gasteiger partial charge on any atom is -0.313 e. The minimum atomic E-state index is -3.01. The Morgan fingerprint density at radius 1 is 1.12 bits per heavy atom. The number of hydrogen-bond donors (Lipinski definition) is 1. The molecule has 1 fully saturated rings. The van der Waals surface area contributed by atoms with Gasteiger partial charge in [-0.05, 0) is 6.92 Å². The maximum atomic E-state index is 11.4. The highest BCUT2D eigenvalue weighted by Crippen LogP contribution is 2.08. The van der Waals surface area contributed by atoms with Crippen molar-refractivity contribution in [2.24, 2.45) is 0 Å². The summed E-state index contributed by atoms with van der Waals surface area (Å²) < 4.78 is 24.3. The first-order chi connectivity index (χ1) is 7.80. The van der Waals surface area contributed by atoms with Gasteiger partial charge in [-0.1, -0.05) is 13.8 Å². The summed E-state index contributed by atoms with van der Waals surface area (Å²) in [5.74, 6) is 0. The maximum absolute atomic E-state index is 11.4. The van der Waals surface area contributed by atoms with Crippen molar-refractivity contribution in [2.75, 3.05) is 39.0 Å². The number of rotatable bonds is 5. The average Bonchev–Trinajstić information content (AvgIpc) is 2.25. The predicted molar refractivity (Wildman–Crippen MR) is 70.6 cm³/mol. The molecule has 0 amide bonds. The molecule has 17 heavy (non-hydrogen) atoms. The third kappa shape index (κ3) is 4.91. The molecular formula is C11H25N3O2S. The van der Waals surface area contributed by atoms with E-state index in [1.807, 2.05) is 0 Å². The molecule has 0 bridgehead atoms. The first-order valence-electron chi connectivity index (χ1n) is 6.23. The monoisotopic (exact) mass is 263 g/mol. The molecule has 1 heterocycles. The summed E-state index contributed by atoms with van der Waals surface area (Å²) in [6.45, 7) is 10.3. The van der Waals surface area contributed by atoms with Crippen molar-refractivity contribution in [3.63, 3.8) is 0 Å². The Morgan fingerprint density at radius 3 is 2.06 bits per heavy atom. The van der Waals surface area contributed by atoms with Crippen LogP contribution in [0.4, 0.5) is 0 Å². The maximum Gasteiger partial charge on any atom is 0.211 e. The standard InChI is InChI=1S/C11H25N3O2S/c1-10(2)12-9-11(3)13-5-7-14(8-6-13)17(4,15)16/h10-12H,5-9H2,1-4H3. The zero-order valence-corrected chi connectivity index (χ0v) is 12.1. The third-order valence-electron chi connectivity index (χ3n) is 3.19. The van der Waals surface area contributed by atoms with Crippen molar-refractivity contribution in [1.29, 1.82) is 0 Å². The smallest absolute Gasteiger partial charge is 0.211 e. The Labute approximate surface area is 105 Å². The summed E-state index contributed by atoms with van der Waals surface area (Å²) in [5, 5.41) is 3.41. The molecule has 0 aromatic carbocycles. The van der Waals surface area contributed by atoms with Crippen LogP contribution >= 0.6 is 0 Å². The van der Waals surface area contributed by atoms with Gasteiger partial charge in [0, 0.05) is 44.8 Å². The second-order valence-corrected chi connectivity index (χ2v) is 7.09. The first kappa shape index (κ1) is 14.9. The van der Waals surface area contributed by atoms with Gasteiger partial charge in [0.25, 0.3) is 0 Å². The van der Waals surface area contributed by atoms with Gasteiger partial charge in [0.1, 0.15) is 0 Å². The molecule has 1 N–H and O–H groups in total. The Kier molecular flexibility index (Phi) is 5.37. The summed E-state index contributed by atoms with van der Waals surface area (Å²) in [5.41, 5.74) is 0.